The average Bonchev–Trinajstić information content (AvgIpc) is 3.02. The van der Waals surface area contributed by atoms with Gasteiger partial charge >= 0.3 is 6.03 Å². The summed E-state index contributed by atoms with van der Waals surface area (Å²) in [6.07, 6.45) is 8.03. The molecule has 2 amide bonds. The highest BCUT2D eigenvalue weighted by Gasteiger charge is 2.15. The Balaban J connectivity index is 1.50. The van der Waals surface area contributed by atoms with E-state index < -0.39 is 0 Å². The summed E-state index contributed by atoms with van der Waals surface area (Å²) in [6, 6.07) is 14.7. The lowest BCUT2D eigenvalue weighted by Crippen LogP contribution is -2.42. The molecule has 2 N–H and O–H groups in total. The van der Waals surface area contributed by atoms with Crippen LogP contribution in [-0.4, -0.2) is 16.6 Å². The number of hydrogen-bond acceptors (Lipinski definition) is 1. The fraction of sp³-hybridized carbons (Fsp3) is 0.421. The van der Waals surface area contributed by atoms with E-state index in [4.69, 9.17) is 0 Å². The molecule has 4 nitrogen and oxygen atoms in total. The first-order valence-electron chi connectivity index (χ1n) is 8.53. The van der Waals surface area contributed by atoms with Crippen molar-refractivity contribution in [1.82, 2.24) is 15.2 Å². The number of carbonyl (C=O) groups is 1. The van der Waals surface area contributed by atoms with Gasteiger partial charge in [-0.05, 0) is 30.5 Å². The van der Waals surface area contributed by atoms with Gasteiger partial charge in [-0.1, -0.05) is 49.6 Å². The maximum atomic E-state index is 12.0. The van der Waals surface area contributed by atoms with Crippen molar-refractivity contribution >= 4 is 6.03 Å². The zero-order chi connectivity index (χ0) is 15.9. The quantitative estimate of drug-likeness (QED) is 0.869. The minimum Gasteiger partial charge on any atom is -0.345 e. The number of rotatable bonds is 5. The van der Waals surface area contributed by atoms with Gasteiger partial charge in [0.15, 0.2) is 0 Å². The summed E-state index contributed by atoms with van der Waals surface area (Å²) >= 11 is 0. The number of aromatic nitrogens is 1. The van der Waals surface area contributed by atoms with E-state index in [1.807, 2.05) is 24.3 Å². The van der Waals surface area contributed by atoms with Crippen molar-refractivity contribution in [3.8, 4) is 0 Å². The largest absolute Gasteiger partial charge is 0.345 e. The predicted molar refractivity (Wildman–Crippen MR) is 92.2 cm³/mol. The van der Waals surface area contributed by atoms with Crippen molar-refractivity contribution in [2.24, 2.45) is 0 Å². The van der Waals surface area contributed by atoms with Crippen LogP contribution in [0.3, 0.4) is 0 Å². The van der Waals surface area contributed by atoms with E-state index in [9.17, 15) is 4.79 Å². The molecule has 0 saturated heterocycles. The second-order valence-electron chi connectivity index (χ2n) is 6.27. The van der Waals surface area contributed by atoms with Crippen molar-refractivity contribution < 1.29 is 4.79 Å². The van der Waals surface area contributed by atoms with Crippen LogP contribution in [0.25, 0.3) is 0 Å². The number of benzene rings is 1. The van der Waals surface area contributed by atoms with Gasteiger partial charge in [0.2, 0.25) is 0 Å². The second-order valence-corrected chi connectivity index (χ2v) is 6.27. The molecule has 1 aliphatic carbocycles. The van der Waals surface area contributed by atoms with Crippen LogP contribution in [0.4, 0.5) is 4.79 Å². The maximum Gasteiger partial charge on any atom is 0.315 e. The summed E-state index contributed by atoms with van der Waals surface area (Å²) in [7, 11) is 0. The Hall–Kier alpha value is -2.23. The third-order valence-corrected chi connectivity index (χ3v) is 4.49. The number of nitrogens with zero attached hydrogens (tertiary/aromatic N) is 1. The molecule has 1 fully saturated rings. The highest BCUT2D eigenvalue weighted by molar-refractivity contribution is 5.74. The Bertz CT molecular complexity index is 615. The third kappa shape index (κ3) is 4.62. The number of nitrogens with one attached hydrogen (secondary N) is 2. The molecule has 0 radical (unpaired) electrons. The van der Waals surface area contributed by atoms with Crippen LogP contribution < -0.4 is 10.6 Å². The Labute approximate surface area is 137 Å². The summed E-state index contributed by atoms with van der Waals surface area (Å²) in [5.41, 5.74) is 2.38. The Morgan fingerprint density at radius 2 is 1.83 bits per heavy atom. The minimum absolute atomic E-state index is 0.0515. The first-order chi connectivity index (χ1) is 11.3. The molecule has 3 rings (SSSR count). The smallest absolute Gasteiger partial charge is 0.315 e. The highest BCUT2D eigenvalue weighted by atomic mass is 16.2. The van der Waals surface area contributed by atoms with Crippen molar-refractivity contribution in [2.75, 3.05) is 0 Å². The van der Waals surface area contributed by atoms with Gasteiger partial charge in [-0.3, -0.25) is 0 Å². The molecule has 1 aliphatic rings. The summed E-state index contributed by atoms with van der Waals surface area (Å²) < 4.78 is 2.18. The van der Waals surface area contributed by atoms with E-state index in [-0.39, 0.29) is 6.03 Å². The monoisotopic (exact) mass is 311 g/mol. The normalized spacial score (nSPS) is 15.3. The van der Waals surface area contributed by atoms with Crippen LogP contribution >= 0.6 is 0 Å². The lowest BCUT2D eigenvalue weighted by atomic mass is 9.96. The molecule has 1 saturated carbocycles. The van der Waals surface area contributed by atoms with Gasteiger partial charge in [0.1, 0.15) is 0 Å². The molecular weight excluding hydrogens is 286 g/mol. The standard InChI is InChI=1S/C19H25N3O/c23-19(21-17-10-5-2-6-11-17)20-14-18-12-7-13-22(18)15-16-8-3-1-4-9-16/h1,3-4,7-9,12-13,17H,2,5-6,10-11,14-15H2,(H2,20,21,23). The van der Waals surface area contributed by atoms with Crippen molar-refractivity contribution in [1.29, 1.82) is 0 Å². The van der Waals surface area contributed by atoms with E-state index in [1.54, 1.807) is 0 Å². The number of amides is 2. The lowest BCUT2D eigenvalue weighted by Gasteiger charge is -2.23. The molecule has 0 unspecified atom stereocenters. The molecule has 1 heterocycles. The fourth-order valence-electron chi connectivity index (χ4n) is 3.20. The number of carbonyl (C=O) groups excluding carboxylic acids is 1. The van der Waals surface area contributed by atoms with Crippen LogP contribution in [-0.2, 0) is 13.1 Å². The zero-order valence-electron chi connectivity index (χ0n) is 13.5. The number of urea groups is 1. The van der Waals surface area contributed by atoms with E-state index in [1.165, 1.54) is 24.8 Å². The van der Waals surface area contributed by atoms with Gasteiger partial charge in [0.25, 0.3) is 0 Å². The molecule has 2 aromatic rings. The van der Waals surface area contributed by atoms with Gasteiger partial charge in [-0.2, -0.15) is 0 Å². The van der Waals surface area contributed by atoms with Crippen LogP contribution in [0, 0.1) is 0 Å². The molecule has 23 heavy (non-hydrogen) atoms. The van der Waals surface area contributed by atoms with Gasteiger partial charge in [-0.15, -0.1) is 0 Å². The first-order valence-corrected chi connectivity index (χ1v) is 8.53. The topological polar surface area (TPSA) is 46.1 Å². The van der Waals surface area contributed by atoms with Crippen molar-refractivity contribution in [3.63, 3.8) is 0 Å². The summed E-state index contributed by atoms with van der Waals surface area (Å²) in [5, 5.41) is 6.08. The summed E-state index contributed by atoms with van der Waals surface area (Å²) in [4.78, 5) is 12.0. The van der Waals surface area contributed by atoms with Gasteiger partial charge in [0, 0.05) is 24.5 Å². The molecule has 0 atom stereocenters. The molecule has 1 aromatic heterocycles. The predicted octanol–water partition coefficient (Wildman–Crippen LogP) is 3.67. The molecule has 0 bridgehead atoms. The fourth-order valence-corrected chi connectivity index (χ4v) is 3.20. The van der Waals surface area contributed by atoms with Gasteiger partial charge in [0.05, 0.1) is 6.54 Å². The summed E-state index contributed by atoms with van der Waals surface area (Å²) in [6.45, 7) is 1.38. The highest BCUT2D eigenvalue weighted by Crippen LogP contribution is 2.17. The first kappa shape index (κ1) is 15.7. The number of hydrogen-bond donors (Lipinski definition) is 2. The molecule has 0 spiro atoms. The third-order valence-electron chi connectivity index (χ3n) is 4.49. The lowest BCUT2D eigenvalue weighted by molar-refractivity contribution is 0.232. The Kier molecular flexibility index (Phi) is 5.35. The van der Waals surface area contributed by atoms with Crippen molar-refractivity contribution in [3.05, 3.63) is 59.9 Å². The Morgan fingerprint density at radius 1 is 1.04 bits per heavy atom. The van der Waals surface area contributed by atoms with Gasteiger partial charge < -0.3 is 15.2 Å². The molecule has 1 aromatic carbocycles. The summed E-state index contributed by atoms with van der Waals surface area (Å²) in [5.74, 6) is 0. The van der Waals surface area contributed by atoms with E-state index in [0.29, 0.717) is 12.6 Å². The molecule has 0 aliphatic heterocycles. The zero-order valence-corrected chi connectivity index (χ0v) is 13.5. The Morgan fingerprint density at radius 3 is 2.61 bits per heavy atom. The maximum absolute atomic E-state index is 12.0. The van der Waals surface area contributed by atoms with E-state index in [0.717, 1.165) is 25.1 Å². The van der Waals surface area contributed by atoms with Gasteiger partial charge in [-0.25, -0.2) is 4.79 Å². The second kappa shape index (κ2) is 7.86. The SMILES string of the molecule is O=C(NCc1cccn1Cc1ccccc1)NC1CCCCC1. The van der Waals surface area contributed by atoms with E-state index in [2.05, 4.69) is 39.6 Å². The van der Waals surface area contributed by atoms with Crippen LogP contribution in [0.5, 0.6) is 0 Å². The minimum atomic E-state index is -0.0515. The average molecular weight is 311 g/mol. The molecule has 4 heteroatoms. The van der Waals surface area contributed by atoms with Crippen LogP contribution in [0.2, 0.25) is 0 Å². The molecular formula is C19H25N3O. The van der Waals surface area contributed by atoms with E-state index >= 15 is 0 Å². The van der Waals surface area contributed by atoms with Crippen molar-refractivity contribution in [2.45, 2.75) is 51.2 Å². The van der Waals surface area contributed by atoms with Crippen LogP contribution in [0.1, 0.15) is 43.4 Å². The molecule has 122 valence electrons. The van der Waals surface area contributed by atoms with Crippen LogP contribution in [0.15, 0.2) is 48.7 Å².